The van der Waals surface area contributed by atoms with Gasteiger partial charge in [-0.15, -0.1) is 0 Å². The molecule has 1 fully saturated rings. The van der Waals surface area contributed by atoms with Crippen LogP contribution in [0.1, 0.15) is 43.4 Å². The number of para-hydroxylation sites is 1. The molecule has 5 nitrogen and oxygen atoms in total. The monoisotopic (exact) mass is 519 g/mol. The van der Waals surface area contributed by atoms with E-state index in [0.29, 0.717) is 23.6 Å². The van der Waals surface area contributed by atoms with Crippen molar-refractivity contribution in [3.8, 4) is 5.75 Å². The quantitative estimate of drug-likeness (QED) is 0.156. The normalized spacial score (nSPS) is 17.2. The minimum absolute atomic E-state index is 0.0628. The number of ketones is 1. The molecule has 1 saturated heterocycles. The number of anilines is 1. The van der Waals surface area contributed by atoms with Gasteiger partial charge in [0.25, 0.3) is 11.7 Å². The van der Waals surface area contributed by atoms with E-state index in [1.165, 1.54) is 4.90 Å². The zero-order chi connectivity index (χ0) is 24.1. The molecule has 34 heavy (non-hydrogen) atoms. The van der Waals surface area contributed by atoms with Gasteiger partial charge < -0.3 is 9.84 Å². The van der Waals surface area contributed by atoms with Crippen LogP contribution in [0.25, 0.3) is 5.76 Å². The molecule has 1 N–H and O–H groups in total. The van der Waals surface area contributed by atoms with Gasteiger partial charge in [-0.1, -0.05) is 66.0 Å². The maximum Gasteiger partial charge on any atom is 0.300 e. The number of amides is 1. The average molecular weight is 520 g/mol. The van der Waals surface area contributed by atoms with Crippen LogP contribution in [0.5, 0.6) is 5.75 Å². The summed E-state index contributed by atoms with van der Waals surface area (Å²) in [6, 6.07) is 22.6. The summed E-state index contributed by atoms with van der Waals surface area (Å²) in [7, 11) is 0. The zero-order valence-corrected chi connectivity index (χ0v) is 20.5. The Labute approximate surface area is 207 Å². The van der Waals surface area contributed by atoms with E-state index < -0.39 is 17.7 Å². The average Bonchev–Trinajstić information content (AvgIpc) is 3.13. The van der Waals surface area contributed by atoms with Gasteiger partial charge in [-0.05, 0) is 60.5 Å². The molecule has 4 rings (SSSR count). The van der Waals surface area contributed by atoms with E-state index >= 15 is 0 Å². The van der Waals surface area contributed by atoms with E-state index in [9.17, 15) is 14.7 Å². The summed E-state index contributed by atoms with van der Waals surface area (Å²) < 4.78 is 6.63. The van der Waals surface area contributed by atoms with Gasteiger partial charge in [0.15, 0.2) is 0 Å². The molecule has 1 unspecified atom stereocenters. The number of benzene rings is 3. The van der Waals surface area contributed by atoms with Gasteiger partial charge in [0, 0.05) is 15.7 Å². The first kappa shape index (κ1) is 23.8. The van der Waals surface area contributed by atoms with Crippen molar-refractivity contribution in [1.82, 2.24) is 0 Å². The number of nitrogens with zero attached hydrogens (tertiary/aromatic N) is 1. The fraction of sp³-hybridized carbons (Fsp3) is 0.214. The lowest BCUT2D eigenvalue weighted by Crippen LogP contribution is -2.29. The van der Waals surface area contributed by atoms with Crippen molar-refractivity contribution in [2.45, 2.75) is 32.2 Å². The van der Waals surface area contributed by atoms with Crippen molar-refractivity contribution in [1.29, 1.82) is 0 Å². The number of hydrogen-bond donors (Lipinski definition) is 1. The molecular weight excluding hydrogens is 494 g/mol. The van der Waals surface area contributed by atoms with Crippen LogP contribution in [0.15, 0.2) is 88.9 Å². The predicted molar refractivity (Wildman–Crippen MR) is 137 cm³/mol. The summed E-state index contributed by atoms with van der Waals surface area (Å²) in [6.07, 6.45) is 3.21. The van der Waals surface area contributed by atoms with Crippen LogP contribution < -0.4 is 9.64 Å². The first-order valence-electron chi connectivity index (χ1n) is 11.4. The molecule has 0 saturated carbocycles. The number of Topliss-reactive ketones (excluding diaryl/α,β-unsaturated/α-hetero) is 1. The highest BCUT2D eigenvalue weighted by Gasteiger charge is 2.46. The van der Waals surface area contributed by atoms with E-state index in [2.05, 4.69) is 22.9 Å². The number of hydrogen-bond acceptors (Lipinski definition) is 4. The molecule has 1 heterocycles. The van der Waals surface area contributed by atoms with E-state index in [1.54, 1.807) is 36.4 Å². The highest BCUT2D eigenvalue weighted by Crippen LogP contribution is 2.42. The van der Waals surface area contributed by atoms with Gasteiger partial charge in [-0.3, -0.25) is 14.5 Å². The van der Waals surface area contributed by atoms with Crippen LogP contribution >= 0.6 is 15.9 Å². The first-order valence-corrected chi connectivity index (χ1v) is 12.1. The highest BCUT2D eigenvalue weighted by atomic mass is 79.9. The van der Waals surface area contributed by atoms with Crippen LogP contribution in [-0.4, -0.2) is 23.4 Å². The predicted octanol–water partition coefficient (Wildman–Crippen LogP) is 6.64. The van der Waals surface area contributed by atoms with Crippen LogP contribution in [-0.2, 0) is 9.59 Å². The second kappa shape index (κ2) is 10.7. The van der Waals surface area contributed by atoms with Crippen LogP contribution in [0.3, 0.4) is 0 Å². The van der Waals surface area contributed by atoms with E-state index in [1.807, 2.05) is 42.5 Å². The summed E-state index contributed by atoms with van der Waals surface area (Å²) >= 11 is 3.43. The van der Waals surface area contributed by atoms with Crippen LogP contribution in [0, 0.1) is 0 Å². The third-order valence-electron chi connectivity index (χ3n) is 5.81. The molecule has 0 aromatic heterocycles. The largest absolute Gasteiger partial charge is 0.507 e. The van der Waals surface area contributed by atoms with Gasteiger partial charge >= 0.3 is 0 Å². The molecule has 0 aliphatic carbocycles. The molecule has 174 valence electrons. The Morgan fingerprint density at radius 2 is 1.62 bits per heavy atom. The molecule has 0 spiro atoms. The summed E-state index contributed by atoms with van der Waals surface area (Å²) in [5.74, 6) is -0.894. The fourth-order valence-electron chi connectivity index (χ4n) is 4.05. The van der Waals surface area contributed by atoms with Crippen molar-refractivity contribution in [3.63, 3.8) is 0 Å². The van der Waals surface area contributed by atoms with Gasteiger partial charge in [-0.25, -0.2) is 0 Å². The second-order valence-corrected chi connectivity index (χ2v) is 9.05. The second-order valence-electron chi connectivity index (χ2n) is 8.14. The third kappa shape index (κ3) is 4.92. The number of carbonyl (C=O) groups is 2. The summed E-state index contributed by atoms with van der Waals surface area (Å²) in [5.41, 5.74) is 1.83. The number of aliphatic hydroxyl groups is 1. The molecule has 6 heteroatoms. The van der Waals surface area contributed by atoms with Crippen molar-refractivity contribution >= 4 is 39.1 Å². The molecule has 0 radical (unpaired) electrons. The number of rotatable bonds is 8. The molecule has 1 aliphatic heterocycles. The van der Waals surface area contributed by atoms with Crippen molar-refractivity contribution < 1.29 is 19.4 Å². The molecule has 1 aliphatic rings. The van der Waals surface area contributed by atoms with E-state index in [0.717, 1.165) is 29.3 Å². The Morgan fingerprint density at radius 3 is 2.26 bits per heavy atom. The Kier molecular flexibility index (Phi) is 7.48. The zero-order valence-electron chi connectivity index (χ0n) is 18.9. The van der Waals surface area contributed by atoms with Crippen molar-refractivity contribution in [3.05, 3.63) is 100 Å². The van der Waals surface area contributed by atoms with Gasteiger partial charge in [0.2, 0.25) is 0 Å². The topological polar surface area (TPSA) is 66.8 Å². The molecular formula is C28H26BrNO4. The molecule has 0 bridgehead atoms. The Bertz CT molecular complexity index is 1190. The Morgan fingerprint density at radius 1 is 0.941 bits per heavy atom. The van der Waals surface area contributed by atoms with Gasteiger partial charge in [0.1, 0.15) is 11.5 Å². The maximum atomic E-state index is 13.2. The molecule has 3 aromatic rings. The first-order chi connectivity index (χ1) is 16.5. The van der Waals surface area contributed by atoms with Gasteiger partial charge in [0.05, 0.1) is 18.2 Å². The standard InChI is InChI=1S/C28H26BrNO4/c1-2-3-7-18-34-23-16-12-20(13-17-23)26(31)24-25(19-10-14-21(29)15-11-19)30(28(33)27(24)32)22-8-5-4-6-9-22/h4-6,8-17,25,31H,2-3,7,18H2,1H3/b26-24-. The number of ether oxygens (including phenoxy) is 1. The van der Waals surface area contributed by atoms with Crippen molar-refractivity contribution in [2.24, 2.45) is 0 Å². The third-order valence-corrected chi connectivity index (χ3v) is 6.34. The van der Waals surface area contributed by atoms with Crippen LogP contribution in [0.4, 0.5) is 5.69 Å². The summed E-state index contributed by atoms with van der Waals surface area (Å²) in [5, 5.41) is 11.2. The maximum absolute atomic E-state index is 13.2. The summed E-state index contributed by atoms with van der Waals surface area (Å²) in [6.45, 7) is 2.77. The minimum Gasteiger partial charge on any atom is -0.507 e. The molecule has 3 aromatic carbocycles. The minimum atomic E-state index is -0.750. The van der Waals surface area contributed by atoms with E-state index in [4.69, 9.17) is 4.74 Å². The smallest absolute Gasteiger partial charge is 0.300 e. The lowest BCUT2D eigenvalue weighted by Gasteiger charge is -2.25. The van der Waals surface area contributed by atoms with Gasteiger partial charge in [-0.2, -0.15) is 0 Å². The number of unbranched alkanes of at least 4 members (excludes halogenated alkanes) is 2. The number of carbonyl (C=O) groups excluding carboxylic acids is 2. The lowest BCUT2D eigenvalue weighted by molar-refractivity contribution is -0.132. The summed E-state index contributed by atoms with van der Waals surface area (Å²) in [4.78, 5) is 27.8. The highest BCUT2D eigenvalue weighted by molar-refractivity contribution is 9.10. The van der Waals surface area contributed by atoms with Crippen LogP contribution in [0.2, 0.25) is 0 Å². The lowest BCUT2D eigenvalue weighted by atomic mass is 9.95. The molecule has 1 atom stereocenters. The Hall–Kier alpha value is -3.38. The number of aliphatic hydroxyl groups excluding tert-OH is 1. The molecule has 1 amide bonds. The SMILES string of the molecule is CCCCCOc1ccc(/C(O)=C2/C(=O)C(=O)N(c3ccccc3)C2c2ccc(Br)cc2)cc1. The van der Waals surface area contributed by atoms with E-state index in [-0.39, 0.29) is 11.3 Å². The Balaban J connectivity index is 1.74. The van der Waals surface area contributed by atoms with Crippen molar-refractivity contribution in [2.75, 3.05) is 11.5 Å². The number of halogens is 1. The fourth-order valence-corrected chi connectivity index (χ4v) is 4.32.